The van der Waals surface area contributed by atoms with Gasteiger partial charge in [-0.25, -0.2) is 9.18 Å². The number of halogens is 1. The Labute approximate surface area is 95.5 Å². The van der Waals surface area contributed by atoms with E-state index in [1.54, 1.807) is 6.92 Å². The van der Waals surface area contributed by atoms with Crippen molar-refractivity contribution in [3.05, 3.63) is 41.5 Å². The van der Waals surface area contributed by atoms with E-state index < -0.39 is 5.97 Å². The maximum atomic E-state index is 13.0. The number of ether oxygens (including phenoxy) is 1. The van der Waals surface area contributed by atoms with Gasteiger partial charge in [-0.05, 0) is 30.7 Å². The summed E-state index contributed by atoms with van der Waals surface area (Å²) in [6.45, 7) is 1.58. The molecule has 0 aliphatic rings. The van der Waals surface area contributed by atoms with Crippen molar-refractivity contribution in [2.24, 2.45) is 0 Å². The van der Waals surface area contributed by atoms with Gasteiger partial charge in [0.1, 0.15) is 17.8 Å². The Balaban J connectivity index is 2.19. The number of aryl methyl sites for hydroxylation is 1. The van der Waals surface area contributed by atoms with Gasteiger partial charge in [-0.15, -0.1) is 0 Å². The van der Waals surface area contributed by atoms with Crippen molar-refractivity contribution in [2.45, 2.75) is 6.92 Å². The summed E-state index contributed by atoms with van der Waals surface area (Å²) < 4.78 is 22.9. The first-order valence-corrected chi connectivity index (χ1v) is 4.69. The van der Waals surface area contributed by atoms with Crippen LogP contribution < -0.4 is 4.74 Å². The van der Waals surface area contributed by atoms with E-state index >= 15 is 0 Å². The number of carboxylic acids is 1. The predicted octanol–water partition coefficient (Wildman–Crippen LogP) is 2.61. The third-order valence-electron chi connectivity index (χ3n) is 2.04. The molecule has 2 rings (SSSR count). The van der Waals surface area contributed by atoms with Crippen LogP contribution in [0.4, 0.5) is 4.39 Å². The van der Waals surface area contributed by atoms with E-state index in [-0.39, 0.29) is 17.6 Å². The number of aromatic nitrogens is 1. The van der Waals surface area contributed by atoms with Crippen LogP contribution in [0.1, 0.15) is 16.1 Å². The van der Waals surface area contributed by atoms with Crippen LogP contribution in [-0.2, 0) is 0 Å². The Bertz CT molecular complexity index is 564. The van der Waals surface area contributed by atoms with E-state index in [4.69, 9.17) is 14.3 Å². The smallest absolute Gasteiger partial charge is 0.399 e. The number of oxazole rings is 1. The molecule has 1 heterocycles. The summed E-state index contributed by atoms with van der Waals surface area (Å²) in [6, 6.07) is 4.10. The lowest BCUT2D eigenvalue weighted by molar-refractivity contribution is 0.0690. The summed E-state index contributed by atoms with van der Waals surface area (Å²) in [5.41, 5.74) is 0.159. The highest BCUT2D eigenvalue weighted by Crippen LogP contribution is 2.22. The van der Waals surface area contributed by atoms with Crippen LogP contribution in [0, 0.1) is 12.7 Å². The number of rotatable bonds is 3. The molecule has 88 valence electrons. The molecule has 6 heteroatoms. The Morgan fingerprint density at radius 3 is 2.88 bits per heavy atom. The van der Waals surface area contributed by atoms with Gasteiger partial charge in [0.15, 0.2) is 5.69 Å². The number of carboxylic acid groups (broad SMARTS) is 1. The van der Waals surface area contributed by atoms with Gasteiger partial charge >= 0.3 is 12.0 Å². The number of carbonyl (C=O) groups is 1. The molecule has 0 spiro atoms. The van der Waals surface area contributed by atoms with Gasteiger partial charge in [-0.1, -0.05) is 0 Å². The molecule has 0 radical (unpaired) electrons. The number of benzene rings is 1. The lowest BCUT2D eigenvalue weighted by Gasteiger charge is -2.01. The topological polar surface area (TPSA) is 72.6 Å². The van der Waals surface area contributed by atoms with E-state index in [9.17, 15) is 9.18 Å². The summed E-state index contributed by atoms with van der Waals surface area (Å²) in [4.78, 5) is 14.1. The molecule has 1 aromatic carbocycles. The van der Waals surface area contributed by atoms with Crippen molar-refractivity contribution in [3.8, 4) is 11.8 Å². The zero-order valence-electron chi connectivity index (χ0n) is 8.81. The van der Waals surface area contributed by atoms with Crippen LogP contribution in [0.2, 0.25) is 0 Å². The summed E-state index contributed by atoms with van der Waals surface area (Å²) in [5.74, 6) is -1.24. The minimum absolute atomic E-state index is 0.201. The molecule has 0 aliphatic heterocycles. The molecule has 0 saturated carbocycles. The average Bonchev–Trinajstić information content (AvgIpc) is 2.72. The molecule has 0 bridgehead atoms. The normalized spacial score (nSPS) is 10.2. The zero-order valence-corrected chi connectivity index (χ0v) is 8.81. The molecular formula is C11H8FNO4. The first-order valence-electron chi connectivity index (χ1n) is 4.69. The summed E-state index contributed by atoms with van der Waals surface area (Å²) in [7, 11) is 0. The highest BCUT2D eigenvalue weighted by Gasteiger charge is 2.12. The minimum atomic E-state index is -1.21. The largest absolute Gasteiger partial charge is 0.476 e. The first kappa shape index (κ1) is 11.1. The summed E-state index contributed by atoms with van der Waals surface area (Å²) in [6.07, 6.45) is 0.766. The predicted molar refractivity (Wildman–Crippen MR) is 54.7 cm³/mol. The van der Waals surface area contributed by atoms with E-state index in [0.717, 1.165) is 6.26 Å². The fraction of sp³-hybridized carbons (Fsp3) is 0.0909. The Hall–Kier alpha value is -2.37. The lowest BCUT2D eigenvalue weighted by atomic mass is 10.2. The minimum Gasteiger partial charge on any atom is -0.476 e. The average molecular weight is 237 g/mol. The van der Waals surface area contributed by atoms with Crippen LogP contribution in [0.5, 0.6) is 11.8 Å². The number of hydrogen-bond donors (Lipinski definition) is 1. The van der Waals surface area contributed by atoms with Crippen molar-refractivity contribution in [2.75, 3.05) is 0 Å². The molecule has 17 heavy (non-hydrogen) atoms. The summed E-state index contributed by atoms with van der Waals surface area (Å²) in [5, 5.41) is 8.62. The fourth-order valence-corrected chi connectivity index (χ4v) is 1.18. The van der Waals surface area contributed by atoms with E-state index in [1.165, 1.54) is 18.2 Å². The molecule has 1 N–H and O–H groups in total. The molecule has 1 aromatic heterocycles. The zero-order chi connectivity index (χ0) is 12.4. The van der Waals surface area contributed by atoms with Gasteiger partial charge in [0.2, 0.25) is 0 Å². The number of hydrogen-bond acceptors (Lipinski definition) is 4. The van der Waals surface area contributed by atoms with Crippen LogP contribution in [0.25, 0.3) is 0 Å². The van der Waals surface area contributed by atoms with Gasteiger partial charge in [0, 0.05) is 0 Å². The third kappa shape index (κ3) is 2.41. The Morgan fingerprint density at radius 1 is 1.53 bits per heavy atom. The van der Waals surface area contributed by atoms with Crippen LogP contribution in [0.15, 0.2) is 28.9 Å². The van der Waals surface area contributed by atoms with Crippen LogP contribution in [-0.4, -0.2) is 16.1 Å². The van der Waals surface area contributed by atoms with Crippen molar-refractivity contribution in [3.63, 3.8) is 0 Å². The fourth-order valence-electron chi connectivity index (χ4n) is 1.18. The molecule has 0 amide bonds. The van der Waals surface area contributed by atoms with Gasteiger partial charge in [-0.3, -0.25) is 0 Å². The van der Waals surface area contributed by atoms with E-state index in [2.05, 4.69) is 4.98 Å². The first-order chi connectivity index (χ1) is 8.06. The Kier molecular flexibility index (Phi) is 2.78. The SMILES string of the molecule is Cc1cc(Oc2nc(C(=O)O)co2)ccc1F. The molecular weight excluding hydrogens is 229 g/mol. The van der Waals surface area contributed by atoms with Crippen molar-refractivity contribution >= 4 is 5.97 Å². The van der Waals surface area contributed by atoms with Crippen molar-refractivity contribution in [1.82, 2.24) is 4.98 Å². The van der Waals surface area contributed by atoms with Gasteiger partial charge in [-0.2, -0.15) is 4.98 Å². The maximum absolute atomic E-state index is 13.0. The molecule has 0 unspecified atom stereocenters. The van der Waals surface area contributed by atoms with E-state index in [0.29, 0.717) is 11.3 Å². The third-order valence-corrected chi connectivity index (χ3v) is 2.04. The lowest BCUT2D eigenvalue weighted by Crippen LogP contribution is -1.96. The molecule has 2 aromatic rings. The van der Waals surface area contributed by atoms with Crippen LogP contribution >= 0.6 is 0 Å². The molecule has 5 nitrogen and oxygen atoms in total. The van der Waals surface area contributed by atoms with Crippen LogP contribution in [0.3, 0.4) is 0 Å². The maximum Gasteiger partial charge on any atom is 0.399 e. The van der Waals surface area contributed by atoms with Crippen molar-refractivity contribution < 1.29 is 23.4 Å². The molecule has 0 atom stereocenters. The highest BCUT2D eigenvalue weighted by molar-refractivity contribution is 5.84. The second-order valence-corrected chi connectivity index (χ2v) is 3.32. The molecule has 0 fully saturated rings. The number of aromatic carboxylic acids is 1. The van der Waals surface area contributed by atoms with Gasteiger partial charge < -0.3 is 14.3 Å². The summed E-state index contributed by atoms with van der Waals surface area (Å²) >= 11 is 0. The van der Waals surface area contributed by atoms with Gasteiger partial charge in [0.25, 0.3) is 0 Å². The quantitative estimate of drug-likeness (QED) is 0.888. The van der Waals surface area contributed by atoms with E-state index in [1.807, 2.05) is 0 Å². The highest BCUT2D eigenvalue weighted by atomic mass is 19.1. The van der Waals surface area contributed by atoms with Gasteiger partial charge in [0.05, 0.1) is 0 Å². The molecule has 0 saturated heterocycles. The second-order valence-electron chi connectivity index (χ2n) is 3.32. The Morgan fingerprint density at radius 2 is 2.29 bits per heavy atom. The second kappa shape index (κ2) is 4.25. The monoisotopic (exact) mass is 237 g/mol. The van der Waals surface area contributed by atoms with Crippen molar-refractivity contribution in [1.29, 1.82) is 0 Å². The standard InChI is InChI=1S/C11H8FNO4/c1-6-4-7(2-3-8(6)12)17-11-13-9(5-16-11)10(14)15/h2-5H,1H3,(H,14,15). The number of nitrogens with zero attached hydrogens (tertiary/aromatic N) is 1. The molecule has 0 aliphatic carbocycles.